The molecule has 120 valence electrons. The average molecular weight is 315 g/mol. The lowest BCUT2D eigenvalue weighted by Crippen LogP contribution is -2.33. The van der Waals surface area contributed by atoms with Gasteiger partial charge in [-0.1, -0.05) is 6.92 Å². The first-order chi connectivity index (χ1) is 10.0. The molecule has 1 aliphatic rings. The van der Waals surface area contributed by atoms with Crippen LogP contribution in [0.2, 0.25) is 0 Å². The normalized spacial score (nSPS) is 19.8. The summed E-state index contributed by atoms with van der Waals surface area (Å²) in [5.41, 5.74) is 0.957. The molecule has 21 heavy (non-hydrogen) atoms. The van der Waals surface area contributed by atoms with Crippen LogP contribution in [0.5, 0.6) is 0 Å². The monoisotopic (exact) mass is 315 g/mol. The van der Waals surface area contributed by atoms with Gasteiger partial charge in [0.05, 0.1) is 11.5 Å². The Morgan fingerprint density at radius 3 is 2.95 bits per heavy atom. The average Bonchev–Trinajstić information content (AvgIpc) is 2.86. The number of aromatic nitrogens is 1. The van der Waals surface area contributed by atoms with Gasteiger partial charge in [0.25, 0.3) is 0 Å². The Bertz CT molecular complexity index is 548. The molecule has 0 aromatic carbocycles. The zero-order chi connectivity index (χ0) is 15.3. The number of hydrogen-bond acceptors (Lipinski definition) is 4. The molecule has 0 amide bonds. The molecule has 0 saturated carbocycles. The minimum atomic E-state index is -3.44. The summed E-state index contributed by atoms with van der Waals surface area (Å²) >= 11 is 0. The van der Waals surface area contributed by atoms with Crippen molar-refractivity contribution in [2.75, 3.05) is 26.3 Å². The summed E-state index contributed by atoms with van der Waals surface area (Å²) in [6.45, 7) is 5.42. The second-order valence-electron chi connectivity index (χ2n) is 5.49. The number of hydrogen-bond donors (Lipinski definition) is 2. The minimum Gasteiger partial charge on any atom is -0.381 e. The highest BCUT2D eigenvalue weighted by molar-refractivity contribution is 7.89. The summed E-state index contributed by atoms with van der Waals surface area (Å²) in [4.78, 5) is 0.328. The van der Waals surface area contributed by atoms with Crippen molar-refractivity contribution >= 4 is 10.0 Å². The van der Waals surface area contributed by atoms with Gasteiger partial charge in [-0.25, -0.2) is 13.1 Å². The van der Waals surface area contributed by atoms with E-state index in [-0.39, 0.29) is 5.92 Å². The van der Waals surface area contributed by atoms with Crippen LogP contribution in [0.1, 0.15) is 25.5 Å². The molecule has 1 atom stereocenters. The maximum absolute atomic E-state index is 12.3. The minimum absolute atomic E-state index is 0.276. The molecule has 2 rings (SSSR count). The summed E-state index contributed by atoms with van der Waals surface area (Å²) in [5, 5.41) is 3.20. The first-order valence-electron chi connectivity index (χ1n) is 7.46. The molecule has 1 aromatic rings. The predicted octanol–water partition coefficient (Wildman–Crippen LogP) is 0.840. The second-order valence-corrected chi connectivity index (χ2v) is 7.26. The summed E-state index contributed by atoms with van der Waals surface area (Å²) in [6, 6.07) is 1.72. The van der Waals surface area contributed by atoms with Gasteiger partial charge in [-0.15, -0.1) is 0 Å². The standard InChI is InChI=1S/C14H25N3O3S/c1-3-15-9-13-7-14(10-17(13)2)21(18,19)16-8-12-5-4-6-20-11-12/h7,10,12,15-16H,3-6,8-9,11H2,1-2H3. The van der Waals surface area contributed by atoms with Gasteiger partial charge in [0.1, 0.15) is 0 Å². The molecule has 0 aliphatic carbocycles. The second kappa shape index (κ2) is 7.40. The van der Waals surface area contributed by atoms with Crippen molar-refractivity contribution in [1.29, 1.82) is 0 Å². The van der Waals surface area contributed by atoms with Crippen molar-refractivity contribution in [3.8, 4) is 0 Å². The van der Waals surface area contributed by atoms with Crippen molar-refractivity contribution in [2.24, 2.45) is 13.0 Å². The first-order valence-corrected chi connectivity index (χ1v) is 8.94. The zero-order valence-electron chi connectivity index (χ0n) is 12.8. The van der Waals surface area contributed by atoms with Crippen LogP contribution in [0, 0.1) is 5.92 Å². The van der Waals surface area contributed by atoms with Crippen molar-refractivity contribution in [3.63, 3.8) is 0 Å². The molecule has 1 aliphatic heterocycles. The van der Waals surface area contributed by atoms with Gasteiger partial charge in [-0.05, 0) is 31.4 Å². The largest absolute Gasteiger partial charge is 0.381 e. The molecule has 2 heterocycles. The van der Waals surface area contributed by atoms with Crippen LogP contribution in [-0.2, 0) is 28.4 Å². The topological polar surface area (TPSA) is 72.4 Å². The number of nitrogens with zero attached hydrogens (tertiary/aromatic N) is 1. The van der Waals surface area contributed by atoms with E-state index in [2.05, 4.69) is 10.0 Å². The number of sulfonamides is 1. The SMILES string of the molecule is CCNCc1cc(S(=O)(=O)NCC2CCCOC2)cn1C. The number of aryl methyl sites for hydroxylation is 1. The molecule has 1 unspecified atom stereocenters. The predicted molar refractivity (Wildman–Crippen MR) is 81.5 cm³/mol. The van der Waals surface area contributed by atoms with Gasteiger partial charge in [0, 0.05) is 38.6 Å². The summed E-state index contributed by atoms with van der Waals surface area (Å²) in [7, 11) is -1.58. The van der Waals surface area contributed by atoms with Crippen LogP contribution in [0.25, 0.3) is 0 Å². The number of ether oxygens (including phenoxy) is 1. The Kier molecular flexibility index (Phi) is 5.80. The lowest BCUT2D eigenvalue weighted by atomic mass is 10.0. The van der Waals surface area contributed by atoms with E-state index in [0.717, 1.165) is 31.7 Å². The van der Waals surface area contributed by atoms with E-state index in [9.17, 15) is 8.42 Å². The van der Waals surface area contributed by atoms with Gasteiger partial charge in [0.15, 0.2) is 0 Å². The van der Waals surface area contributed by atoms with E-state index in [1.54, 1.807) is 12.3 Å². The van der Waals surface area contributed by atoms with E-state index in [4.69, 9.17) is 4.74 Å². The Morgan fingerprint density at radius 1 is 1.48 bits per heavy atom. The molecule has 0 spiro atoms. The summed E-state index contributed by atoms with van der Waals surface area (Å²) < 4.78 is 34.6. The van der Waals surface area contributed by atoms with Gasteiger partial charge in [-0.2, -0.15) is 0 Å². The van der Waals surface area contributed by atoms with E-state index in [1.807, 2.05) is 18.5 Å². The van der Waals surface area contributed by atoms with E-state index < -0.39 is 10.0 Å². The molecule has 0 radical (unpaired) electrons. The highest BCUT2D eigenvalue weighted by atomic mass is 32.2. The van der Waals surface area contributed by atoms with Crippen LogP contribution >= 0.6 is 0 Å². The Balaban J connectivity index is 1.98. The fourth-order valence-electron chi connectivity index (χ4n) is 2.43. The Morgan fingerprint density at radius 2 is 2.29 bits per heavy atom. The van der Waals surface area contributed by atoms with Gasteiger partial charge in [0.2, 0.25) is 10.0 Å². The molecule has 1 fully saturated rings. The fraction of sp³-hybridized carbons (Fsp3) is 0.714. The molecule has 7 heteroatoms. The molecule has 6 nitrogen and oxygen atoms in total. The molecular weight excluding hydrogens is 290 g/mol. The molecule has 1 saturated heterocycles. The van der Waals surface area contributed by atoms with E-state index >= 15 is 0 Å². The molecular formula is C14H25N3O3S. The Labute approximate surface area is 126 Å². The maximum atomic E-state index is 12.3. The third-order valence-electron chi connectivity index (χ3n) is 3.77. The van der Waals surface area contributed by atoms with Crippen LogP contribution in [-0.4, -0.2) is 39.3 Å². The van der Waals surface area contributed by atoms with Crippen molar-refractivity contribution in [1.82, 2.24) is 14.6 Å². The first kappa shape index (κ1) is 16.5. The van der Waals surface area contributed by atoms with Crippen LogP contribution < -0.4 is 10.0 Å². The van der Waals surface area contributed by atoms with E-state index in [0.29, 0.717) is 24.6 Å². The van der Waals surface area contributed by atoms with Gasteiger partial charge >= 0.3 is 0 Å². The third-order valence-corrected chi connectivity index (χ3v) is 5.16. The maximum Gasteiger partial charge on any atom is 0.242 e. The molecule has 2 N–H and O–H groups in total. The van der Waals surface area contributed by atoms with Gasteiger partial charge < -0.3 is 14.6 Å². The fourth-order valence-corrected chi connectivity index (χ4v) is 3.64. The van der Waals surface area contributed by atoms with Crippen LogP contribution in [0.15, 0.2) is 17.2 Å². The van der Waals surface area contributed by atoms with E-state index in [1.165, 1.54) is 0 Å². The molecule has 0 bridgehead atoms. The Hall–Kier alpha value is -0.890. The lowest BCUT2D eigenvalue weighted by molar-refractivity contribution is 0.0568. The lowest BCUT2D eigenvalue weighted by Gasteiger charge is -2.21. The zero-order valence-corrected chi connectivity index (χ0v) is 13.6. The highest BCUT2D eigenvalue weighted by Crippen LogP contribution is 2.16. The number of rotatable bonds is 7. The third kappa shape index (κ3) is 4.54. The molecule has 1 aromatic heterocycles. The van der Waals surface area contributed by atoms with Crippen molar-refractivity contribution < 1.29 is 13.2 Å². The smallest absolute Gasteiger partial charge is 0.242 e. The van der Waals surface area contributed by atoms with Crippen LogP contribution in [0.4, 0.5) is 0 Å². The van der Waals surface area contributed by atoms with Crippen molar-refractivity contribution in [2.45, 2.75) is 31.2 Å². The number of nitrogens with one attached hydrogen (secondary N) is 2. The quantitative estimate of drug-likeness (QED) is 0.782. The van der Waals surface area contributed by atoms with Crippen LogP contribution in [0.3, 0.4) is 0 Å². The van der Waals surface area contributed by atoms with Gasteiger partial charge in [-0.3, -0.25) is 0 Å². The summed E-state index contributed by atoms with van der Waals surface area (Å²) in [6.07, 6.45) is 3.68. The summed E-state index contributed by atoms with van der Waals surface area (Å²) in [5.74, 6) is 0.276. The van der Waals surface area contributed by atoms with Crippen molar-refractivity contribution in [3.05, 3.63) is 18.0 Å². The highest BCUT2D eigenvalue weighted by Gasteiger charge is 2.20.